The molecule has 0 saturated carbocycles. The molecule has 3 heteroatoms. The summed E-state index contributed by atoms with van der Waals surface area (Å²) in [7, 11) is 1.77. The van der Waals surface area contributed by atoms with Gasteiger partial charge in [-0.05, 0) is 38.4 Å². The van der Waals surface area contributed by atoms with Crippen LogP contribution in [0.3, 0.4) is 0 Å². The van der Waals surface area contributed by atoms with Crippen molar-refractivity contribution >= 4 is 0 Å². The summed E-state index contributed by atoms with van der Waals surface area (Å²) < 4.78 is 5.09. The molecular weight excluding hydrogens is 188 g/mol. The lowest BCUT2D eigenvalue weighted by Crippen LogP contribution is -2.27. The summed E-state index contributed by atoms with van der Waals surface area (Å²) in [6.07, 6.45) is 2.41. The minimum absolute atomic E-state index is 0.603. The highest BCUT2D eigenvalue weighted by atomic mass is 16.5. The van der Waals surface area contributed by atoms with E-state index in [0.29, 0.717) is 12.0 Å². The topological polar surface area (TPSA) is 33.3 Å². The van der Waals surface area contributed by atoms with Crippen LogP contribution in [0.2, 0.25) is 0 Å². The lowest BCUT2D eigenvalue weighted by molar-refractivity contribution is 0.155. The third kappa shape index (κ3) is 11.8. The van der Waals surface area contributed by atoms with Gasteiger partial charge in [0.05, 0.1) is 0 Å². The molecule has 0 saturated heterocycles. The van der Waals surface area contributed by atoms with Crippen LogP contribution in [0.4, 0.5) is 0 Å². The number of ether oxygens (including phenoxy) is 1. The van der Waals surface area contributed by atoms with Crippen LogP contribution in [0.1, 0.15) is 33.6 Å². The van der Waals surface area contributed by atoms with E-state index >= 15 is 0 Å². The normalized spacial score (nSPS) is 13.4. The predicted molar refractivity (Wildman–Crippen MR) is 66.3 cm³/mol. The summed E-state index contributed by atoms with van der Waals surface area (Å²) in [5, 5.41) is 6.86. The van der Waals surface area contributed by atoms with Crippen LogP contribution in [0, 0.1) is 5.92 Å². The first-order valence-corrected chi connectivity index (χ1v) is 6.09. The molecule has 3 nitrogen and oxygen atoms in total. The Balaban J connectivity index is 3.04. The molecule has 0 aromatic rings. The third-order valence-electron chi connectivity index (χ3n) is 2.35. The van der Waals surface area contributed by atoms with Gasteiger partial charge in [-0.3, -0.25) is 0 Å². The summed E-state index contributed by atoms with van der Waals surface area (Å²) in [4.78, 5) is 0. The van der Waals surface area contributed by atoms with E-state index in [0.717, 1.165) is 26.2 Å². The summed E-state index contributed by atoms with van der Waals surface area (Å²) in [6.45, 7) is 10.8. The molecule has 0 aliphatic rings. The molecule has 0 bridgehead atoms. The SMILES string of the molecule is COCC(C)CCNCCCNC(C)C. The molecule has 0 heterocycles. The molecule has 92 valence electrons. The number of nitrogens with one attached hydrogen (secondary N) is 2. The van der Waals surface area contributed by atoms with E-state index in [1.54, 1.807) is 7.11 Å². The number of methoxy groups -OCH3 is 1. The molecule has 15 heavy (non-hydrogen) atoms. The molecule has 0 radical (unpaired) electrons. The summed E-state index contributed by atoms with van der Waals surface area (Å²) >= 11 is 0. The molecule has 0 aromatic heterocycles. The summed E-state index contributed by atoms with van der Waals surface area (Å²) in [5.74, 6) is 0.663. The van der Waals surface area contributed by atoms with Gasteiger partial charge in [0.2, 0.25) is 0 Å². The average molecular weight is 216 g/mol. The van der Waals surface area contributed by atoms with Crippen LogP contribution in [0.5, 0.6) is 0 Å². The highest BCUT2D eigenvalue weighted by Crippen LogP contribution is 1.99. The van der Waals surface area contributed by atoms with E-state index in [9.17, 15) is 0 Å². The highest BCUT2D eigenvalue weighted by Gasteiger charge is 1.99. The predicted octanol–water partition coefficient (Wildman–Crippen LogP) is 1.64. The van der Waals surface area contributed by atoms with Gasteiger partial charge in [0, 0.05) is 19.8 Å². The molecular formula is C12H28N2O. The smallest absolute Gasteiger partial charge is 0.0488 e. The van der Waals surface area contributed by atoms with E-state index in [1.807, 2.05) is 0 Å². The maximum absolute atomic E-state index is 5.09. The minimum atomic E-state index is 0.603. The summed E-state index contributed by atoms with van der Waals surface area (Å²) in [5.41, 5.74) is 0. The molecule has 0 aliphatic carbocycles. The van der Waals surface area contributed by atoms with Crippen molar-refractivity contribution in [2.24, 2.45) is 5.92 Å². The molecule has 0 spiro atoms. The Morgan fingerprint density at radius 3 is 2.40 bits per heavy atom. The van der Waals surface area contributed by atoms with Crippen molar-refractivity contribution in [2.75, 3.05) is 33.4 Å². The Morgan fingerprint density at radius 1 is 1.07 bits per heavy atom. The maximum Gasteiger partial charge on any atom is 0.0488 e. The lowest BCUT2D eigenvalue weighted by atomic mass is 10.1. The van der Waals surface area contributed by atoms with Crippen molar-refractivity contribution in [2.45, 2.75) is 39.7 Å². The molecule has 0 aromatic carbocycles. The second-order valence-corrected chi connectivity index (χ2v) is 4.56. The fourth-order valence-corrected chi connectivity index (χ4v) is 1.45. The molecule has 1 unspecified atom stereocenters. The molecule has 2 N–H and O–H groups in total. The van der Waals surface area contributed by atoms with Gasteiger partial charge in [0.15, 0.2) is 0 Å². The van der Waals surface area contributed by atoms with Crippen LogP contribution >= 0.6 is 0 Å². The van der Waals surface area contributed by atoms with E-state index in [4.69, 9.17) is 4.74 Å². The van der Waals surface area contributed by atoms with E-state index in [1.165, 1.54) is 12.8 Å². The van der Waals surface area contributed by atoms with Gasteiger partial charge >= 0.3 is 0 Å². The average Bonchev–Trinajstić information content (AvgIpc) is 2.16. The van der Waals surface area contributed by atoms with Gasteiger partial charge in [0.1, 0.15) is 0 Å². The fraction of sp³-hybridized carbons (Fsp3) is 1.00. The second-order valence-electron chi connectivity index (χ2n) is 4.56. The largest absolute Gasteiger partial charge is 0.384 e. The summed E-state index contributed by atoms with van der Waals surface area (Å²) in [6, 6.07) is 0.603. The van der Waals surface area contributed by atoms with E-state index in [2.05, 4.69) is 31.4 Å². The van der Waals surface area contributed by atoms with Crippen molar-refractivity contribution in [3.05, 3.63) is 0 Å². The molecule has 0 rings (SSSR count). The Kier molecular flexibility index (Phi) is 10.3. The van der Waals surface area contributed by atoms with Gasteiger partial charge in [-0.2, -0.15) is 0 Å². The van der Waals surface area contributed by atoms with Crippen LogP contribution in [0.25, 0.3) is 0 Å². The first-order valence-electron chi connectivity index (χ1n) is 6.09. The third-order valence-corrected chi connectivity index (χ3v) is 2.35. The number of hydrogen-bond acceptors (Lipinski definition) is 3. The van der Waals surface area contributed by atoms with Crippen LogP contribution < -0.4 is 10.6 Å². The molecule has 0 aliphatic heterocycles. The van der Waals surface area contributed by atoms with Gasteiger partial charge < -0.3 is 15.4 Å². The zero-order valence-electron chi connectivity index (χ0n) is 10.8. The van der Waals surface area contributed by atoms with E-state index < -0.39 is 0 Å². The number of hydrogen-bond donors (Lipinski definition) is 2. The van der Waals surface area contributed by atoms with Crippen LogP contribution in [0.15, 0.2) is 0 Å². The Bertz CT molecular complexity index is 129. The van der Waals surface area contributed by atoms with Crippen molar-refractivity contribution in [3.8, 4) is 0 Å². The van der Waals surface area contributed by atoms with E-state index in [-0.39, 0.29) is 0 Å². The Labute approximate surface area is 95.0 Å². The van der Waals surface area contributed by atoms with Gasteiger partial charge in [-0.1, -0.05) is 20.8 Å². The molecule has 0 amide bonds. The fourth-order valence-electron chi connectivity index (χ4n) is 1.45. The Morgan fingerprint density at radius 2 is 1.80 bits per heavy atom. The zero-order valence-corrected chi connectivity index (χ0v) is 10.8. The standard InChI is InChI=1S/C12H28N2O/c1-11(2)14-8-5-7-13-9-6-12(3)10-15-4/h11-14H,5-10H2,1-4H3. The minimum Gasteiger partial charge on any atom is -0.384 e. The zero-order chi connectivity index (χ0) is 11.5. The molecule has 0 fully saturated rings. The van der Waals surface area contributed by atoms with Crippen LogP contribution in [-0.4, -0.2) is 39.4 Å². The van der Waals surface area contributed by atoms with Gasteiger partial charge in [-0.25, -0.2) is 0 Å². The first-order chi connectivity index (χ1) is 7.16. The van der Waals surface area contributed by atoms with Crippen molar-refractivity contribution in [1.82, 2.24) is 10.6 Å². The highest BCUT2D eigenvalue weighted by molar-refractivity contribution is 4.57. The van der Waals surface area contributed by atoms with Gasteiger partial charge in [-0.15, -0.1) is 0 Å². The quantitative estimate of drug-likeness (QED) is 0.545. The molecule has 1 atom stereocenters. The second kappa shape index (κ2) is 10.4. The number of rotatable bonds is 10. The lowest BCUT2D eigenvalue weighted by Gasteiger charge is -2.11. The van der Waals surface area contributed by atoms with Crippen molar-refractivity contribution < 1.29 is 4.74 Å². The first kappa shape index (κ1) is 14.9. The van der Waals surface area contributed by atoms with Crippen LogP contribution in [-0.2, 0) is 4.74 Å². The van der Waals surface area contributed by atoms with Crippen molar-refractivity contribution in [3.63, 3.8) is 0 Å². The maximum atomic E-state index is 5.09. The Hall–Kier alpha value is -0.120. The van der Waals surface area contributed by atoms with Gasteiger partial charge in [0.25, 0.3) is 0 Å². The monoisotopic (exact) mass is 216 g/mol. The van der Waals surface area contributed by atoms with Crippen molar-refractivity contribution in [1.29, 1.82) is 0 Å².